The minimum atomic E-state index is -0.286. The molecular formula is C13H10FNOS. The number of carbonyl (C=O) groups is 1. The molecule has 0 bridgehead atoms. The van der Waals surface area contributed by atoms with Gasteiger partial charge in [0.2, 0.25) is 0 Å². The number of hydrogen-bond acceptors (Lipinski definition) is 3. The van der Waals surface area contributed by atoms with E-state index in [1.54, 1.807) is 18.2 Å². The van der Waals surface area contributed by atoms with Crippen molar-refractivity contribution < 1.29 is 9.18 Å². The molecule has 17 heavy (non-hydrogen) atoms. The topological polar surface area (TPSA) is 30.0 Å². The number of rotatable bonds is 1. The Morgan fingerprint density at radius 2 is 2.06 bits per heavy atom. The van der Waals surface area contributed by atoms with E-state index >= 15 is 0 Å². The maximum Gasteiger partial charge on any atom is 0.182 e. The van der Waals surface area contributed by atoms with Crippen LogP contribution in [-0.4, -0.2) is 10.8 Å². The molecule has 1 heterocycles. The number of halogens is 1. The van der Waals surface area contributed by atoms with Gasteiger partial charge in [-0.25, -0.2) is 9.37 Å². The quantitative estimate of drug-likeness (QED) is 0.772. The molecule has 1 aliphatic rings. The van der Waals surface area contributed by atoms with Crippen LogP contribution in [0.4, 0.5) is 4.39 Å². The Balaban J connectivity index is 2.11. The van der Waals surface area contributed by atoms with Gasteiger partial charge in [0.1, 0.15) is 16.5 Å². The molecule has 0 fully saturated rings. The number of thiazole rings is 1. The van der Waals surface area contributed by atoms with Gasteiger partial charge in [-0.2, -0.15) is 0 Å². The van der Waals surface area contributed by atoms with Crippen molar-refractivity contribution in [3.8, 4) is 10.6 Å². The third kappa shape index (κ3) is 1.78. The smallest absolute Gasteiger partial charge is 0.182 e. The van der Waals surface area contributed by atoms with E-state index < -0.39 is 0 Å². The van der Waals surface area contributed by atoms with E-state index in [0.29, 0.717) is 22.7 Å². The first kappa shape index (κ1) is 10.6. The highest BCUT2D eigenvalue weighted by atomic mass is 32.1. The van der Waals surface area contributed by atoms with Crippen LogP contribution < -0.4 is 0 Å². The molecule has 0 saturated heterocycles. The zero-order valence-corrected chi connectivity index (χ0v) is 9.89. The third-order valence-corrected chi connectivity index (χ3v) is 4.02. The molecule has 0 atom stereocenters. The van der Waals surface area contributed by atoms with Gasteiger partial charge in [-0.05, 0) is 25.0 Å². The molecule has 86 valence electrons. The number of hydrogen-bond donors (Lipinski definition) is 0. The Kier molecular flexibility index (Phi) is 2.52. The molecule has 2 nitrogen and oxygen atoms in total. The lowest BCUT2D eigenvalue weighted by Gasteiger charge is -2.06. The predicted molar refractivity (Wildman–Crippen MR) is 64.8 cm³/mol. The van der Waals surface area contributed by atoms with Crippen molar-refractivity contribution >= 4 is 17.1 Å². The van der Waals surface area contributed by atoms with E-state index in [-0.39, 0.29) is 11.6 Å². The summed E-state index contributed by atoms with van der Waals surface area (Å²) >= 11 is 1.43. The zero-order valence-electron chi connectivity index (χ0n) is 9.07. The summed E-state index contributed by atoms with van der Waals surface area (Å²) in [5.41, 5.74) is 1.04. The number of aryl methyl sites for hydroxylation is 1. The average molecular weight is 247 g/mol. The molecule has 0 amide bonds. The first-order valence-corrected chi connectivity index (χ1v) is 6.35. The lowest BCUT2D eigenvalue weighted by molar-refractivity contribution is 0.0968. The van der Waals surface area contributed by atoms with Crippen LogP contribution in [0.3, 0.4) is 0 Å². The van der Waals surface area contributed by atoms with Crippen LogP contribution in [0.25, 0.3) is 10.6 Å². The van der Waals surface area contributed by atoms with Crippen LogP contribution in [0.15, 0.2) is 24.3 Å². The molecule has 0 saturated carbocycles. The van der Waals surface area contributed by atoms with Crippen LogP contribution in [0.1, 0.15) is 28.2 Å². The fourth-order valence-corrected chi connectivity index (χ4v) is 3.17. The van der Waals surface area contributed by atoms with Crippen molar-refractivity contribution in [3.05, 3.63) is 40.7 Å². The minimum Gasteiger partial charge on any atom is -0.292 e. The van der Waals surface area contributed by atoms with Crippen LogP contribution in [-0.2, 0) is 6.42 Å². The van der Waals surface area contributed by atoms with E-state index in [0.717, 1.165) is 17.7 Å². The molecule has 0 N–H and O–H groups in total. The van der Waals surface area contributed by atoms with Crippen molar-refractivity contribution in [1.29, 1.82) is 0 Å². The number of benzene rings is 1. The third-order valence-electron chi connectivity index (χ3n) is 2.87. The van der Waals surface area contributed by atoms with Gasteiger partial charge in [-0.15, -0.1) is 11.3 Å². The van der Waals surface area contributed by atoms with Gasteiger partial charge >= 0.3 is 0 Å². The van der Waals surface area contributed by atoms with E-state index in [1.807, 2.05) is 0 Å². The predicted octanol–water partition coefficient (Wildman–Crippen LogP) is 3.47. The number of Topliss-reactive ketones (excluding diaryl/α,β-unsaturated/α-hetero) is 1. The summed E-state index contributed by atoms with van der Waals surface area (Å²) in [6, 6.07) is 6.54. The Morgan fingerprint density at radius 3 is 2.82 bits per heavy atom. The standard InChI is InChI=1S/C13H10FNOS/c14-9-5-2-1-4-8(9)13-15-12-10(16)6-3-7-11(12)17-13/h1-2,4-5H,3,6-7H2. The number of ketones is 1. The molecular weight excluding hydrogens is 237 g/mol. The highest BCUT2D eigenvalue weighted by Crippen LogP contribution is 2.33. The summed E-state index contributed by atoms with van der Waals surface area (Å²) in [5, 5.41) is 0.614. The van der Waals surface area contributed by atoms with E-state index in [2.05, 4.69) is 4.98 Å². The van der Waals surface area contributed by atoms with Crippen LogP contribution in [0.5, 0.6) is 0 Å². The van der Waals surface area contributed by atoms with E-state index in [9.17, 15) is 9.18 Å². The van der Waals surface area contributed by atoms with Gasteiger partial charge in [0, 0.05) is 16.9 Å². The summed E-state index contributed by atoms with van der Waals surface area (Å²) in [6.07, 6.45) is 2.32. The van der Waals surface area contributed by atoms with Gasteiger partial charge in [0.05, 0.1) is 0 Å². The van der Waals surface area contributed by atoms with Gasteiger partial charge in [0.15, 0.2) is 5.78 Å². The summed E-state index contributed by atoms with van der Waals surface area (Å²) in [5.74, 6) is -0.198. The van der Waals surface area contributed by atoms with Gasteiger partial charge < -0.3 is 0 Å². The number of nitrogens with zero attached hydrogens (tertiary/aromatic N) is 1. The molecule has 1 aliphatic carbocycles. The van der Waals surface area contributed by atoms with Gasteiger partial charge in [-0.3, -0.25) is 4.79 Å². The Labute approximate surface area is 102 Å². The Morgan fingerprint density at radius 1 is 1.24 bits per heavy atom. The first-order valence-electron chi connectivity index (χ1n) is 5.53. The summed E-state index contributed by atoms with van der Waals surface area (Å²) < 4.78 is 13.6. The SMILES string of the molecule is O=C1CCCc2sc(-c3ccccc3F)nc21. The highest BCUT2D eigenvalue weighted by Gasteiger charge is 2.23. The van der Waals surface area contributed by atoms with Crippen molar-refractivity contribution in [2.24, 2.45) is 0 Å². The van der Waals surface area contributed by atoms with Gasteiger partial charge in [-0.1, -0.05) is 12.1 Å². The van der Waals surface area contributed by atoms with Gasteiger partial charge in [0.25, 0.3) is 0 Å². The molecule has 1 aromatic heterocycles. The minimum absolute atomic E-state index is 0.0880. The van der Waals surface area contributed by atoms with Crippen LogP contribution in [0, 0.1) is 5.82 Å². The van der Waals surface area contributed by atoms with Crippen molar-refractivity contribution in [1.82, 2.24) is 4.98 Å². The monoisotopic (exact) mass is 247 g/mol. The summed E-state index contributed by atoms with van der Waals surface area (Å²) in [6.45, 7) is 0. The van der Waals surface area contributed by atoms with Crippen LogP contribution >= 0.6 is 11.3 Å². The van der Waals surface area contributed by atoms with Crippen molar-refractivity contribution in [3.63, 3.8) is 0 Å². The molecule has 1 aromatic carbocycles. The molecule has 4 heteroatoms. The largest absolute Gasteiger partial charge is 0.292 e. The maximum absolute atomic E-state index is 13.6. The fraction of sp³-hybridized carbons (Fsp3) is 0.231. The highest BCUT2D eigenvalue weighted by molar-refractivity contribution is 7.15. The molecule has 0 unspecified atom stereocenters. The second-order valence-electron chi connectivity index (χ2n) is 4.05. The summed E-state index contributed by atoms with van der Waals surface area (Å²) in [4.78, 5) is 17.0. The molecule has 0 radical (unpaired) electrons. The lowest BCUT2D eigenvalue weighted by atomic mass is 10.0. The van der Waals surface area contributed by atoms with Crippen molar-refractivity contribution in [2.45, 2.75) is 19.3 Å². The molecule has 3 rings (SSSR count). The maximum atomic E-state index is 13.6. The second kappa shape index (κ2) is 4.04. The second-order valence-corrected chi connectivity index (χ2v) is 5.13. The summed E-state index contributed by atoms with van der Waals surface area (Å²) in [7, 11) is 0. The van der Waals surface area contributed by atoms with E-state index in [4.69, 9.17) is 0 Å². The Bertz CT molecular complexity index is 591. The Hall–Kier alpha value is -1.55. The molecule has 0 spiro atoms. The normalized spacial score (nSPS) is 14.8. The fourth-order valence-electron chi connectivity index (χ4n) is 2.02. The van der Waals surface area contributed by atoms with Crippen molar-refractivity contribution in [2.75, 3.05) is 0 Å². The average Bonchev–Trinajstić information content (AvgIpc) is 2.75. The number of carbonyl (C=O) groups excluding carboxylic acids is 1. The lowest BCUT2D eigenvalue weighted by Crippen LogP contribution is -2.08. The first-order chi connectivity index (χ1) is 8.25. The zero-order chi connectivity index (χ0) is 11.8. The number of fused-ring (bicyclic) bond motifs is 1. The molecule has 2 aromatic rings. The molecule has 0 aliphatic heterocycles. The van der Waals surface area contributed by atoms with Crippen LogP contribution in [0.2, 0.25) is 0 Å². The number of aromatic nitrogens is 1. The van der Waals surface area contributed by atoms with E-state index in [1.165, 1.54) is 17.4 Å².